The smallest absolute Gasteiger partial charge is 0.487 e. The molecule has 0 bridgehead atoms. The number of nitro benzene ring substituents is 1. The molecule has 2 saturated heterocycles. The molecule has 0 aromatic heterocycles. The molecule has 10 nitrogen and oxygen atoms in total. The number of hydrogen-bond donors (Lipinski definition) is 2. The molecule has 0 radical (unpaired) electrons. The van der Waals surface area contributed by atoms with E-state index in [0.29, 0.717) is 16.6 Å². The number of amides is 2. The maximum atomic E-state index is 14.0. The molecule has 5 rings (SSSR count). The van der Waals surface area contributed by atoms with Gasteiger partial charge in [-0.3, -0.25) is 19.7 Å². The van der Waals surface area contributed by atoms with E-state index in [2.05, 4.69) is 0 Å². The van der Waals surface area contributed by atoms with Crippen LogP contribution in [0.2, 0.25) is 0 Å². The molecule has 2 aliphatic heterocycles. The summed E-state index contributed by atoms with van der Waals surface area (Å²) in [4.78, 5) is 38.8. The monoisotopic (exact) mass is 496 g/mol. The molecule has 2 aromatic carbocycles. The van der Waals surface area contributed by atoms with E-state index < -0.39 is 59.3 Å². The van der Waals surface area contributed by atoms with Gasteiger partial charge in [-0.1, -0.05) is 12.1 Å². The van der Waals surface area contributed by atoms with Gasteiger partial charge in [-0.2, -0.15) is 0 Å². The number of phenols is 1. The molecule has 3 aliphatic rings. The summed E-state index contributed by atoms with van der Waals surface area (Å²) in [6.07, 6.45) is -0.465. The van der Waals surface area contributed by atoms with E-state index in [1.165, 1.54) is 43.5 Å². The number of carbonyl (C=O) groups excluding carboxylic acids is 2. The van der Waals surface area contributed by atoms with E-state index >= 15 is 0 Å². The number of aromatic hydroxyl groups is 1. The van der Waals surface area contributed by atoms with Crippen molar-refractivity contribution >= 4 is 30.3 Å². The second kappa shape index (κ2) is 9.12. The van der Waals surface area contributed by atoms with Gasteiger partial charge in [0.15, 0.2) is 11.6 Å². The van der Waals surface area contributed by atoms with Gasteiger partial charge < -0.3 is 19.5 Å². The lowest BCUT2D eigenvalue weighted by atomic mass is 9.55. The maximum Gasteiger partial charge on any atom is 0.487 e. The fraction of sp³-hybridized carbons (Fsp3) is 0.333. The highest BCUT2D eigenvalue weighted by atomic mass is 19.1. The lowest BCUT2D eigenvalue weighted by Crippen LogP contribution is -2.45. The topological polar surface area (TPSA) is 139 Å². The minimum absolute atomic E-state index is 0.105. The van der Waals surface area contributed by atoms with Crippen molar-refractivity contribution in [3.8, 4) is 5.75 Å². The van der Waals surface area contributed by atoms with Gasteiger partial charge in [0.25, 0.3) is 5.69 Å². The van der Waals surface area contributed by atoms with Crippen LogP contribution in [-0.4, -0.2) is 47.7 Å². The molecule has 186 valence electrons. The van der Waals surface area contributed by atoms with Crippen LogP contribution < -0.4 is 4.90 Å². The largest absolute Gasteiger partial charge is 0.505 e. The van der Waals surface area contributed by atoms with E-state index in [1.54, 1.807) is 0 Å². The van der Waals surface area contributed by atoms with Gasteiger partial charge in [0, 0.05) is 19.2 Å². The molecular weight excluding hydrogens is 474 g/mol. The van der Waals surface area contributed by atoms with Crippen molar-refractivity contribution in [2.75, 3.05) is 18.6 Å². The Morgan fingerprint density at radius 3 is 2.69 bits per heavy atom. The normalized spacial score (nSPS) is 25.8. The van der Waals surface area contributed by atoms with E-state index in [1.807, 2.05) is 0 Å². The van der Waals surface area contributed by atoms with Gasteiger partial charge in [0.2, 0.25) is 11.8 Å². The molecule has 2 fully saturated rings. The number of rotatable bonds is 5. The van der Waals surface area contributed by atoms with Crippen molar-refractivity contribution in [1.29, 1.82) is 0 Å². The van der Waals surface area contributed by atoms with E-state index in [4.69, 9.17) is 9.39 Å². The average molecular weight is 496 g/mol. The Morgan fingerprint density at radius 1 is 1.22 bits per heavy atom. The first-order chi connectivity index (χ1) is 17.2. The summed E-state index contributed by atoms with van der Waals surface area (Å²) in [5.74, 6) is -4.58. The number of allylic oxidation sites excluding steroid dienone is 1. The number of imide groups is 1. The van der Waals surface area contributed by atoms with Gasteiger partial charge >= 0.3 is 7.12 Å². The van der Waals surface area contributed by atoms with Crippen LogP contribution in [0.15, 0.2) is 53.5 Å². The number of hydrogen-bond acceptors (Lipinski definition) is 8. The number of halogens is 1. The summed E-state index contributed by atoms with van der Waals surface area (Å²) < 4.78 is 25.1. The third-order valence-corrected chi connectivity index (χ3v) is 7.17. The zero-order chi connectivity index (χ0) is 25.7. The molecule has 2 aromatic rings. The standard InChI is InChI=1S/C24H22BFN2O8/c1-35-11-13-7-17-21(24(31)27(23(17)30)14-3-2-4-15(9-14)28(33)34)16-10-20(36-25(32)22(13)16)12-5-6-19(29)18(26)8-12/h2-6,8-9,16-17,20-21,29,32H,7,10-11H2,1H3/t16-,17-,20-,21+/m0/s1. The summed E-state index contributed by atoms with van der Waals surface area (Å²) in [5.41, 5.74) is 1.33. The van der Waals surface area contributed by atoms with Crippen LogP contribution in [0.3, 0.4) is 0 Å². The fourth-order valence-electron chi connectivity index (χ4n) is 5.66. The number of non-ortho nitro benzene ring substituents is 1. The number of methoxy groups -OCH3 is 1. The Balaban J connectivity index is 1.55. The van der Waals surface area contributed by atoms with Crippen LogP contribution in [0.25, 0.3) is 0 Å². The van der Waals surface area contributed by atoms with Gasteiger partial charge in [-0.15, -0.1) is 0 Å². The number of phenolic OH excluding ortho intramolecular Hbond substituents is 1. The Hall–Kier alpha value is -3.61. The quantitative estimate of drug-likeness (QED) is 0.279. The Bertz CT molecular complexity index is 1300. The number of carbonyl (C=O) groups is 2. The fourth-order valence-corrected chi connectivity index (χ4v) is 5.66. The van der Waals surface area contributed by atoms with Gasteiger partial charge in [-0.25, -0.2) is 9.29 Å². The summed E-state index contributed by atoms with van der Waals surface area (Å²) in [7, 11) is 0.0653. The van der Waals surface area contributed by atoms with Gasteiger partial charge in [0.1, 0.15) is 0 Å². The van der Waals surface area contributed by atoms with Crippen molar-refractivity contribution in [2.45, 2.75) is 18.9 Å². The second-order valence-corrected chi connectivity index (χ2v) is 9.15. The second-order valence-electron chi connectivity index (χ2n) is 9.15. The van der Waals surface area contributed by atoms with Crippen LogP contribution >= 0.6 is 0 Å². The number of ether oxygens (including phenoxy) is 1. The highest BCUT2D eigenvalue weighted by molar-refractivity contribution is 6.53. The predicted octanol–water partition coefficient (Wildman–Crippen LogP) is 2.69. The SMILES string of the molecule is COCC1=C2B(O)O[C@H](c3ccc(O)c(F)c3)C[C@H]2[C@H]2C(=O)N(c3cccc([N+](=O)[O-])c3)C(=O)[C@H]2C1. The van der Waals surface area contributed by atoms with Crippen LogP contribution in [0.1, 0.15) is 24.5 Å². The summed E-state index contributed by atoms with van der Waals surface area (Å²) >= 11 is 0. The molecule has 2 heterocycles. The van der Waals surface area contributed by atoms with E-state index in [9.17, 15) is 34.2 Å². The number of anilines is 1. The lowest BCUT2D eigenvalue weighted by molar-refractivity contribution is -0.384. The summed E-state index contributed by atoms with van der Waals surface area (Å²) in [6.45, 7) is 0.117. The van der Waals surface area contributed by atoms with Crippen LogP contribution in [-0.2, 0) is 19.0 Å². The molecule has 12 heteroatoms. The minimum atomic E-state index is -1.41. The van der Waals surface area contributed by atoms with E-state index in [-0.39, 0.29) is 30.8 Å². The molecule has 2 amide bonds. The van der Waals surface area contributed by atoms with Gasteiger partial charge in [0.05, 0.1) is 35.2 Å². The molecule has 0 unspecified atom stereocenters. The maximum absolute atomic E-state index is 14.0. The number of nitro groups is 1. The Morgan fingerprint density at radius 2 is 2.00 bits per heavy atom. The number of nitrogens with zero attached hydrogens (tertiary/aromatic N) is 2. The highest BCUT2D eigenvalue weighted by Gasteiger charge is 2.58. The van der Waals surface area contributed by atoms with Gasteiger partial charge in [-0.05, 0) is 53.6 Å². The zero-order valence-electron chi connectivity index (χ0n) is 19.2. The third kappa shape index (κ3) is 3.87. The van der Waals surface area contributed by atoms with Crippen molar-refractivity contribution in [3.63, 3.8) is 0 Å². The molecule has 1 aliphatic carbocycles. The Kier molecular flexibility index (Phi) is 6.11. The molecular formula is C24H22BFN2O8. The van der Waals surface area contributed by atoms with Crippen LogP contribution in [0, 0.1) is 33.7 Å². The molecule has 2 N–H and O–H groups in total. The molecule has 36 heavy (non-hydrogen) atoms. The number of benzene rings is 2. The van der Waals surface area contributed by atoms with Crippen molar-refractivity contribution in [3.05, 3.63) is 75.0 Å². The van der Waals surface area contributed by atoms with Crippen LogP contribution in [0.5, 0.6) is 5.75 Å². The average Bonchev–Trinajstić information content (AvgIpc) is 3.10. The number of fused-ring (bicyclic) bond motifs is 3. The van der Waals surface area contributed by atoms with Crippen molar-refractivity contribution in [2.24, 2.45) is 17.8 Å². The minimum Gasteiger partial charge on any atom is -0.505 e. The first-order valence-corrected chi connectivity index (χ1v) is 11.4. The first-order valence-electron chi connectivity index (χ1n) is 11.4. The van der Waals surface area contributed by atoms with E-state index in [0.717, 1.165) is 11.0 Å². The highest BCUT2D eigenvalue weighted by Crippen LogP contribution is 2.52. The third-order valence-electron chi connectivity index (χ3n) is 7.17. The van der Waals surface area contributed by atoms with Crippen molar-refractivity contribution < 1.29 is 38.4 Å². The Labute approximate surface area is 205 Å². The zero-order valence-corrected chi connectivity index (χ0v) is 19.2. The molecule has 0 saturated carbocycles. The predicted molar refractivity (Wildman–Crippen MR) is 124 cm³/mol. The lowest BCUT2D eigenvalue weighted by Gasteiger charge is -2.42. The molecule has 0 spiro atoms. The summed E-state index contributed by atoms with van der Waals surface area (Å²) in [6, 6.07) is 9.08. The molecule has 4 atom stereocenters. The van der Waals surface area contributed by atoms with Crippen molar-refractivity contribution in [1.82, 2.24) is 0 Å². The first kappa shape index (κ1) is 24.1. The van der Waals surface area contributed by atoms with Crippen LogP contribution in [0.4, 0.5) is 15.8 Å². The summed E-state index contributed by atoms with van der Waals surface area (Å²) in [5, 5.41) is 31.7.